The Balaban J connectivity index is 2.65. The fraction of sp³-hybridized carbons (Fsp3) is 0.912. The molecule has 0 saturated carbocycles. The predicted molar refractivity (Wildman–Crippen MR) is 164 cm³/mol. The first-order valence-electron chi connectivity index (χ1n) is 17.0. The van der Waals surface area contributed by atoms with Crippen molar-refractivity contribution < 1.29 is 28.8 Å². The Bertz CT molecular complexity index is 636. The van der Waals surface area contributed by atoms with Gasteiger partial charge in [-0.2, -0.15) is 0 Å². The Morgan fingerprint density at radius 2 is 1.20 bits per heavy atom. The molecular formula is C34H64O6. The molecule has 0 heterocycles. The third-order valence-corrected chi connectivity index (χ3v) is 7.84. The van der Waals surface area contributed by atoms with Crippen LogP contribution in [0.25, 0.3) is 0 Å². The van der Waals surface area contributed by atoms with Crippen molar-refractivity contribution >= 4 is 5.97 Å². The van der Waals surface area contributed by atoms with Crippen molar-refractivity contribution in [3.63, 3.8) is 0 Å². The first kappa shape index (κ1) is 36.9. The van der Waals surface area contributed by atoms with E-state index in [1.165, 1.54) is 57.8 Å². The fourth-order valence-corrected chi connectivity index (χ4v) is 5.05. The second kappa shape index (κ2) is 24.5. The molecule has 6 nitrogen and oxygen atoms in total. The molecule has 0 radical (unpaired) electrons. The Hall–Kier alpha value is -1.11. The van der Waals surface area contributed by atoms with E-state index in [0.717, 1.165) is 57.8 Å². The van der Waals surface area contributed by atoms with Crippen molar-refractivity contribution in [1.82, 2.24) is 0 Å². The molecule has 0 amide bonds. The molecule has 1 rings (SSSR count). The minimum atomic E-state index is -0.993. The maximum Gasteiger partial charge on any atom is 0.309 e. The average Bonchev–Trinajstić information content (AvgIpc) is 2.94. The van der Waals surface area contributed by atoms with Crippen molar-refractivity contribution in [3.05, 3.63) is 11.8 Å². The quantitative estimate of drug-likeness (QED) is 0.0831. The van der Waals surface area contributed by atoms with Crippen LogP contribution in [0.2, 0.25) is 0 Å². The minimum absolute atomic E-state index is 0.215. The summed E-state index contributed by atoms with van der Waals surface area (Å²) in [6.45, 7) is 12.2. The Kier molecular flexibility index (Phi) is 22.6. The normalized spacial score (nSPS) is 21.7. The SMILES string of the molecule is CCCCCCCCCCCCCC(C)C(=O)OC1C(OCCCC)[C@@H](OCCCC)C(OCCCC)=C[C@H]1O. The molecule has 0 aromatic heterocycles. The topological polar surface area (TPSA) is 74.2 Å². The molecule has 6 heteroatoms. The maximum absolute atomic E-state index is 13.1. The van der Waals surface area contributed by atoms with E-state index in [-0.39, 0.29) is 11.9 Å². The maximum atomic E-state index is 13.1. The number of rotatable bonds is 26. The van der Waals surface area contributed by atoms with Crippen molar-refractivity contribution in [2.24, 2.45) is 5.92 Å². The summed E-state index contributed by atoms with van der Waals surface area (Å²) < 4.78 is 24.5. The van der Waals surface area contributed by atoms with Gasteiger partial charge in [-0.1, -0.05) is 125 Å². The second-order valence-corrected chi connectivity index (χ2v) is 11.7. The lowest BCUT2D eigenvalue weighted by Crippen LogP contribution is -2.54. The monoisotopic (exact) mass is 568 g/mol. The molecule has 1 aliphatic rings. The van der Waals surface area contributed by atoms with Crippen LogP contribution in [0, 0.1) is 5.92 Å². The lowest BCUT2D eigenvalue weighted by molar-refractivity contribution is -0.189. The van der Waals surface area contributed by atoms with Gasteiger partial charge in [-0.05, 0) is 31.8 Å². The Morgan fingerprint density at radius 3 is 1.77 bits per heavy atom. The van der Waals surface area contributed by atoms with Crippen LogP contribution < -0.4 is 0 Å². The van der Waals surface area contributed by atoms with E-state index < -0.39 is 24.4 Å². The van der Waals surface area contributed by atoms with Gasteiger partial charge in [0.2, 0.25) is 0 Å². The molecule has 0 spiro atoms. The highest BCUT2D eigenvalue weighted by atomic mass is 16.6. The molecule has 0 aromatic carbocycles. The highest BCUT2D eigenvalue weighted by Gasteiger charge is 2.45. The zero-order chi connectivity index (χ0) is 29.4. The van der Waals surface area contributed by atoms with Crippen LogP contribution in [-0.4, -0.2) is 55.3 Å². The van der Waals surface area contributed by atoms with Crippen LogP contribution in [0.1, 0.15) is 150 Å². The number of esters is 1. The molecule has 0 bridgehead atoms. The van der Waals surface area contributed by atoms with Crippen LogP contribution in [0.4, 0.5) is 0 Å². The lowest BCUT2D eigenvalue weighted by Gasteiger charge is -2.39. The van der Waals surface area contributed by atoms with E-state index in [1.807, 2.05) is 6.92 Å². The molecule has 0 fully saturated rings. The van der Waals surface area contributed by atoms with E-state index >= 15 is 0 Å². The van der Waals surface area contributed by atoms with Crippen molar-refractivity contribution in [2.75, 3.05) is 19.8 Å². The number of hydrogen-bond donors (Lipinski definition) is 1. The summed E-state index contributed by atoms with van der Waals surface area (Å²) in [5, 5.41) is 11.1. The summed E-state index contributed by atoms with van der Waals surface area (Å²) in [5.74, 6) is 0.115. The van der Waals surface area contributed by atoms with Gasteiger partial charge >= 0.3 is 5.97 Å². The van der Waals surface area contributed by atoms with Gasteiger partial charge in [-0.3, -0.25) is 4.79 Å². The van der Waals surface area contributed by atoms with Crippen molar-refractivity contribution in [1.29, 1.82) is 0 Å². The minimum Gasteiger partial charge on any atom is -0.495 e. The summed E-state index contributed by atoms with van der Waals surface area (Å²) in [4.78, 5) is 13.1. The van der Waals surface area contributed by atoms with E-state index in [2.05, 4.69) is 27.7 Å². The van der Waals surface area contributed by atoms with Gasteiger partial charge in [0.1, 0.15) is 24.1 Å². The molecule has 0 aromatic rings. The largest absolute Gasteiger partial charge is 0.495 e. The van der Waals surface area contributed by atoms with Gasteiger partial charge in [-0.25, -0.2) is 0 Å². The molecule has 236 valence electrons. The molecule has 40 heavy (non-hydrogen) atoms. The standard InChI is InChI=1S/C34H64O6/c1-6-10-14-15-16-17-18-19-20-21-22-23-28(5)34(36)40-31-29(35)27-30(37-24-11-7-2)32(38-25-12-8-3)33(31)39-26-13-9-4/h27-29,31-33,35H,6-26H2,1-5H3/t28?,29-,31?,32+,33?/m1/s1. The smallest absolute Gasteiger partial charge is 0.309 e. The van der Waals surface area contributed by atoms with Crippen LogP contribution in [0.15, 0.2) is 11.8 Å². The van der Waals surface area contributed by atoms with Gasteiger partial charge in [0, 0.05) is 13.2 Å². The van der Waals surface area contributed by atoms with E-state index in [1.54, 1.807) is 6.08 Å². The first-order valence-corrected chi connectivity index (χ1v) is 17.0. The van der Waals surface area contributed by atoms with E-state index in [0.29, 0.717) is 25.6 Å². The van der Waals surface area contributed by atoms with E-state index in [9.17, 15) is 9.90 Å². The molecule has 1 N–H and O–H groups in total. The number of aliphatic hydroxyl groups is 1. The summed E-state index contributed by atoms with van der Waals surface area (Å²) in [6.07, 6.45) is 19.5. The number of unbranched alkanes of at least 4 members (excludes halogenated alkanes) is 13. The Morgan fingerprint density at radius 1 is 0.700 bits per heavy atom. The first-order chi connectivity index (χ1) is 19.5. The van der Waals surface area contributed by atoms with Crippen LogP contribution in [0.3, 0.4) is 0 Å². The zero-order valence-electron chi connectivity index (χ0n) is 26.8. The van der Waals surface area contributed by atoms with Gasteiger partial charge in [-0.15, -0.1) is 0 Å². The number of carbonyl (C=O) groups excluding carboxylic acids is 1. The van der Waals surface area contributed by atoms with Crippen molar-refractivity contribution in [2.45, 2.75) is 175 Å². The molecule has 3 unspecified atom stereocenters. The number of ether oxygens (including phenoxy) is 4. The average molecular weight is 569 g/mol. The molecule has 0 aliphatic heterocycles. The third kappa shape index (κ3) is 15.8. The van der Waals surface area contributed by atoms with E-state index in [4.69, 9.17) is 18.9 Å². The number of hydrogen-bond acceptors (Lipinski definition) is 6. The molecule has 0 saturated heterocycles. The zero-order valence-corrected chi connectivity index (χ0v) is 26.8. The summed E-state index contributed by atoms with van der Waals surface area (Å²) in [6, 6.07) is 0. The van der Waals surface area contributed by atoms with Crippen LogP contribution in [-0.2, 0) is 23.7 Å². The van der Waals surface area contributed by atoms with Gasteiger partial charge in [0.25, 0.3) is 0 Å². The van der Waals surface area contributed by atoms with Crippen LogP contribution >= 0.6 is 0 Å². The molecule has 5 atom stereocenters. The van der Waals surface area contributed by atoms with Gasteiger partial charge < -0.3 is 24.1 Å². The Labute approximate surface area is 246 Å². The summed E-state index contributed by atoms with van der Waals surface area (Å²) in [5.41, 5.74) is 0. The second-order valence-electron chi connectivity index (χ2n) is 11.7. The summed E-state index contributed by atoms with van der Waals surface area (Å²) in [7, 11) is 0. The third-order valence-electron chi connectivity index (χ3n) is 7.84. The fourth-order valence-electron chi connectivity index (χ4n) is 5.05. The lowest BCUT2D eigenvalue weighted by atomic mass is 9.93. The van der Waals surface area contributed by atoms with Crippen LogP contribution in [0.5, 0.6) is 0 Å². The number of carbonyl (C=O) groups is 1. The highest BCUT2D eigenvalue weighted by molar-refractivity contribution is 5.72. The predicted octanol–water partition coefficient (Wildman–Crippen LogP) is 8.68. The van der Waals surface area contributed by atoms with Gasteiger partial charge in [0.05, 0.1) is 12.5 Å². The highest BCUT2D eigenvalue weighted by Crippen LogP contribution is 2.30. The van der Waals surface area contributed by atoms with Crippen molar-refractivity contribution in [3.8, 4) is 0 Å². The molecular weight excluding hydrogens is 504 g/mol. The molecule has 1 aliphatic carbocycles. The van der Waals surface area contributed by atoms with Gasteiger partial charge in [0.15, 0.2) is 6.10 Å². The summed E-state index contributed by atoms with van der Waals surface area (Å²) >= 11 is 0. The number of aliphatic hydroxyl groups excluding tert-OH is 1.